The topological polar surface area (TPSA) is 145 Å². The van der Waals surface area contributed by atoms with E-state index in [9.17, 15) is 14.7 Å². The molecule has 2 amide bonds. The number of aryl methyl sites for hydroxylation is 1. The summed E-state index contributed by atoms with van der Waals surface area (Å²) in [5.74, 6) is 0.886. The molecule has 5 rings (SSSR count). The highest BCUT2D eigenvalue weighted by Crippen LogP contribution is 2.33. The summed E-state index contributed by atoms with van der Waals surface area (Å²) in [4.78, 5) is 29.1. The number of carbonyl (C=O) groups is 2. The summed E-state index contributed by atoms with van der Waals surface area (Å²) >= 11 is 0. The molecule has 4 N–H and O–H groups in total. The van der Waals surface area contributed by atoms with Crippen LogP contribution in [-0.4, -0.2) is 68.9 Å². The molecular formula is C34H41N7O4. The minimum Gasteiger partial charge on any atom is -0.497 e. The van der Waals surface area contributed by atoms with Gasteiger partial charge < -0.3 is 25.4 Å². The number of methoxy groups -OCH3 is 1. The first-order chi connectivity index (χ1) is 21.6. The minimum atomic E-state index is -0.676. The Balaban J connectivity index is 1.36. The molecule has 1 aliphatic rings. The Morgan fingerprint density at radius 1 is 1.13 bits per heavy atom. The van der Waals surface area contributed by atoms with Gasteiger partial charge in [-0.3, -0.25) is 9.59 Å². The van der Waals surface area contributed by atoms with Crippen molar-refractivity contribution in [1.29, 1.82) is 0 Å². The van der Waals surface area contributed by atoms with Gasteiger partial charge in [0.25, 0.3) is 0 Å². The number of aromatic nitrogens is 4. The maximum Gasteiger partial charge on any atom is 0.249 e. The fraction of sp³-hybridized carbons (Fsp3) is 0.382. The molecule has 0 aliphatic carbocycles. The van der Waals surface area contributed by atoms with Gasteiger partial charge in [0.2, 0.25) is 17.6 Å². The van der Waals surface area contributed by atoms with Gasteiger partial charge in [-0.15, -0.1) is 10.2 Å². The Morgan fingerprint density at radius 2 is 1.89 bits per heavy atom. The number of hydrogen-bond donors (Lipinski definition) is 4. The first-order valence-electron chi connectivity index (χ1n) is 15.3. The SMILES string of the molecule is COc1ccc2c(c1)CC[C@@H](NC(=O)CC(C)(C)NCC[C@H](C)O)C(=O)N2Cc1ccc(-c2ccccc2-c2nn[nH]n2)cc1. The number of fused-ring (bicyclic) bond motifs is 1. The van der Waals surface area contributed by atoms with Gasteiger partial charge in [0.15, 0.2) is 0 Å². The van der Waals surface area contributed by atoms with E-state index in [0.29, 0.717) is 38.2 Å². The van der Waals surface area contributed by atoms with Crippen molar-refractivity contribution in [3.05, 3.63) is 77.9 Å². The lowest BCUT2D eigenvalue weighted by molar-refractivity contribution is -0.128. The van der Waals surface area contributed by atoms with E-state index in [-0.39, 0.29) is 18.2 Å². The summed E-state index contributed by atoms with van der Waals surface area (Å²) in [5, 5.41) is 30.4. The van der Waals surface area contributed by atoms with Crippen LogP contribution >= 0.6 is 0 Å². The molecule has 1 aromatic heterocycles. The Kier molecular flexibility index (Phi) is 9.90. The van der Waals surface area contributed by atoms with Crippen molar-refractivity contribution in [3.8, 4) is 28.3 Å². The Labute approximate surface area is 263 Å². The number of hydrogen-bond acceptors (Lipinski definition) is 8. The predicted octanol–water partition coefficient (Wildman–Crippen LogP) is 4.04. The normalized spacial score (nSPS) is 15.7. The summed E-state index contributed by atoms with van der Waals surface area (Å²) in [6, 6.07) is 21.0. The molecule has 0 unspecified atom stereocenters. The third-order valence-corrected chi connectivity index (χ3v) is 8.07. The quantitative estimate of drug-likeness (QED) is 0.188. The van der Waals surface area contributed by atoms with Gasteiger partial charge in [0.05, 0.1) is 19.8 Å². The lowest BCUT2D eigenvalue weighted by Gasteiger charge is -2.29. The number of aliphatic hydroxyl groups is 1. The lowest BCUT2D eigenvalue weighted by Crippen LogP contribution is -2.51. The van der Waals surface area contributed by atoms with Crippen molar-refractivity contribution in [2.75, 3.05) is 18.6 Å². The van der Waals surface area contributed by atoms with E-state index in [2.05, 4.69) is 31.3 Å². The second kappa shape index (κ2) is 14.0. The summed E-state index contributed by atoms with van der Waals surface area (Å²) in [7, 11) is 1.62. The van der Waals surface area contributed by atoms with Gasteiger partial charge in [-0.25, -0.2) is 0 Å². The fourth-order valence-electron chi connectivity index (χ4n) is 5.69. The second-order valence-electron chi connectivity index (χ2n) is 12.2. The van der Waals surface area contributed by atoms with Gasteiger partial charge in [-0.2, -0.15) is 5.21 Å². The number of amides is 2. The maximum absolute atomic E-state index is 14.1. The van der Waals surface area contributed by atoms with Crippen molar-refractivity contribution in [1.82, 2.24) is 31.3 Å². The zero-order chi connectivity index (χ0) is 32.0. The number of aromatic amines is 1. The molecular weight excluding hydrogens is 570 g/mol. The summed E-state index contributed by atoms with van der Waals surface area (Å²) in [5.41, 5.74) is 5.08. The third-order valence-electron chi connectivity index (χ3n) is 8.07. The number of nitrogens with zero attached hydrogens (tertiary/aromatic N) is 4. The molecule has 0 saturated heterocycles. The highest BCUT2D eigenvalue weighted by Gasteiger charge is 2.33. The van der Waals surface area contributed by atoms with Crippen molar-refractivity contribution in [3.63, 3.8) is 0 Å². The summed E-state index contributed by atoms with van der Waals surface area (Å²) in [6.07, 6.45) is 1.46. The molecule has 0 bridgehead atoms. The molecule has 1 aliphatic heterocycles. The molecule has 0 saturated carbocycles. The monoisotopic (exact) mass is 611 g/mol. The van der Waals surface area contributed by atoms with E-state index in [1.165, 1.54) is 0 Å². The predicted molar refractivity (Wildman–Crippen MR) is 172 cm³/mol. The van der Waals surface area contributed by atoms with Gasteiger partial charge in [0.1, 0.15) is 11.8 Å². The highest BCUT2D eigenvalue weighted by atomic mass is 16.5. The van der Waals surface area contributed by atoms with Crippen LogP contribution < -0.4 is 20.3 Å². The van der Waals surface area contributed by atoms with E-state index in [1.807, 2.05) is 80.6 Å². The van der Waals surface area contributed by atoms with E-state index in [0.717, 1.165) is 39.3 Å². The number of benzene rings is 3. The molecule has 236 valence electrons. The number of ether oxygens (including phenoxy) is 1. The first-order valence-corrected chi connectivity index (χ1v) is 15.3. The highest BCUT2D eigenvalue weighted by molar-refractivity contribution is 6.00. The summed E-state index contributed by atoms with van der Waals surface area (Å²) < 4.78 is 5.48. The van der Waals surface area contributed by atoms with Gasteiger partial charge in [-0.05, 0) is 92.2 Å². The summed E-state index contributed by atoms with van der Waals surface area (Å²) in [6.45, 7) is 6.56. The number of rotatable bonds is 12. The van der Waals surface area contributed by atoms with E-state index in [1.54, 1.807) is 18.9 Å². The van der Waals surface area contributed by atoms with Crippen LogP contribution in [0, 0.1) is 0 Å². The van der Waals surface area contributed by atoms with E-state index in [4.69, 9.17) is 4.74 Å². The molecule has 3 aromatic carbocycles. The molecule has 45 heavy (non-hydrogen) atoms. The number of tetrazole rings is 1. The Hall–Kier alpha value is -4.61. The largest absolute Gasteiger partial charge is 0.497 e. The zero-order valence-electron chi connectivity index (χ0n) is 26.2. The van der Waals surface area contributed by atoms with Crippen molar-refractivity contribution >= 4 is 17.5 Å². The maximum atomic E-state index is 14.1. The number of aliphatic hydroxyl groups excluding tert-OH is 1. The van der Waals surface area contributed by atoms with Crippen LogP contribution in [0.1, 0.15) is 51.2 Å². The van der Waals surface area contributed by atoms with Crippen LogP contribution in [0.3, 0.4) is 0 Å². The van der Waals surface area contributed by atoms with Crippen LogP contribution in [0.2, 0.25) is 0 Å². The van der Waals surface area contributed by atoms with Crippen LogP contribution in [-0.2, 0) is 22.6 Å². The molecule has 0 radical (unpaired) electrons. The number of carbonyl (C=O) groups excluding carboxylic acids is 2. The number of H-pyrrole nitrogens is 1. The molecule has 4 aromatic rings. The van der Waals surface area contributed by atoms with E-state index < -0.39 is 17.7 Å². The Morgan fingerprint density at radius 3 is 2.58 bits per heavy atom. The van der Waals surface area contributed by atoms with Crippen LogP contribution in [0.4, 0.5) is 5.69 Å². The standard InChI is InChI=1S/C34H41N7O4/c1-22(42)17-18-35-34(2,3)20-31(43)36-29-15-13-25-19-26(45-4)14-16-30(25)41(33(29)44)21-23-9-11-24(12-10-23)27-7-5-6-8-28(27)32-37-39-40-38-32/h5-12,14,16,19,22,29,35,42H,13,15,17-18,20-21H2,1-4H3,(H,36,43)(H,37,38,39,40)/t22-,29+/m0/s1. The number of nitrogens with one attached hydrogen (secondary N) is 3. The minimum absolute atomic E-state index is 0.154. The van der Waals surface area contributed by atoms with Crippen molar-refractivity contribution < 1.29 is 19.4 Å². The van der Waals surface area contributed by atoms with Gasteiger partial charge in [-0.1, -0.05) is 48.5 Å². The van der Waals surface area contributed by atoms with Crippen LogP contribution in [0.15, 0.2) is 66.7 Å². The van der Waals surface area contributed by atoms with Gasteiger partial charge >= 0.3 is 0 Å². The Bertz CT molecular complexity index is 1600. The molecule has 11 nitrogen and oxygen atoms in total. The molecule has 2 heterocycles. The van der Waals surface area contributed by atoms with Crippen molar-refractivity contribution in [2.24, 2.45) is 0 Å². The third kappa shape index (κ3) is 7.92. The zero-order valence-corrected chi connectivity index (χ0v) is 26.2. The molecule has 2 atom stereocenters. The smallest absolute Gasteiger partial charge is 0.249 e. The molecule has 0 fully saturated rings. The fourth-order valence-corrected chi connectivity index (χ4v) is 5.69. The average molecular weight is 612 g/mol. The van der Waals surface area contributed by atoms with Gasteiger partial charge in [0, 0.05) is 23.2 Å². The average Bonchev–Trinajstić information content (AvgIpc) is 3.53. The van der Waals surface area contributed by atoms with E-state index >= 15 is 0 Å². The van der Waals surface area contributed by atoms with Crippen LogP contribution in [0.5, 0.6) is 5.75 Å². The van der Waals surface area contributed by atoms with Crippen LogP contribution in [0.25, 0.3) is 22.5 Å². The second-order valence-corrected chi connectivity index (χ2v) is 12.2. The first kappa shape index (κ1) is 31.8. The molecule has 11 heteroatoms. The lowest BCUT2D eigenvalue weighted by atomic mass is 9.98. The molecule has 0 spiro atoms. The van der Waals surface area contributed by atoms with Crippen molar-refractivity contribution in [2.45, 2.75) is 70.7 Å². The number of anilines is 1.